The first kappa shape index (κ1) is 10.9. The van der Waals surface area contributed by atoms with E-state index in [0.717, 1.165) is 19.4 Å². The minimum absolute atomic E-state index is 0.130. The van der Waals surface area contributed by atoms with Gasteiger partial charge in [0.1, 0.15) is 0 Å². The van der Waals surface area contributed by atoms with E-state index in [2.05, 4.69) is 19.6 Å². The van der Waals surface area contributed by atoms with Crippen LogP contribution in [0.2, 0.25) is 0 Å². The lowest BCUT2D eigenvalue weighted by Gasteiger charge is -2.36. The molecule has 0 saturated carbocycles. The van der Waals surface area contributed by atoms with Crippen molar-refractivity contribution < 1.29 is 9.53 Å². The van der Waals surface area contributed by atoms with E-state index in [0.29, 0.717) is 17.9 Å². The molecule has 3 nitrogen and oxygen atoms in total. The van der Waals surface area contributed by atoms with Gasteiger partial charge in [0.25, 0.3) is 0 Å². The van der Waals surface area contributed by atoms with Gasteiger partial charge in [0.05, 0.1) is 11.9 Å². The van der Waals surface area contributed by atoms with Crippen LogP contribution < -0.4 is 0 Å². The Balaban J connectivity index is 2.48. The Bertz CT molecular complexity index is 186. The Morgan fingerprint density at radius 2 is 2.38 bits per heavy atom. The van der Waals surface area contributed by atoms with Gasteiger partial charge in [-0.05, 0) is 19.8 Å². The Hall–Kier alpha value is -0.220. The Kier molecular flexibility index (Phi) is 4.06. The number of carbonyl (C=O) groups excluding carboxylic acids is 1. The highest BCUT2D eigenvalue weighted by molar-refractivity contribution is 7.81. The SMILES string of the molecule is COC1CCN(C(=O)CS)C(C)C1. The van der Waals surface area contributed by atoms with Crippen molar-refractivity contribution in [3.63, 3.8) is 0 Å². The van der Waals surface area contributed by atoms with Gasteiger partial charge in [-0.15, -0.1) is 0 Å². The molecule has 0 aromatic carbocycles. The van der Waals surface area contributed by atoms with Crippen molar-refractivity contribution >= 4 is 18.5 Å². The number of thiol groups is 1. The predicted molar refractivity (Wildman–Crippen MR) is 55.1 cm³/mol. The molecule has 0 radical (unpaired) electrons. The van der Waals surface area contributed by atoms with Crippen LogP contribution in [0.1, 0.15) is 19.8 Å². The molecule has 0 N–H and O–H groups in total. The van der Waals surface area contributed by atoms with E-state index in [1.54, 1.807) is 7.11 Å². The zero-order valence-corrected chi connectivity index (χ0v) is 9.09. The first-order valence-corrected chi connectivity index (χ1v) is 5.25. The molecular weight excluding hydrogens is 186 g/mol. The molecule has 13 heavy (non-hydrogen) atoms. The lowest BCUT2D eigenvalue weighted by molar-refractivity contribution is -0.133. The van der Waals surface area contributed by atoms with E-state index < -0.39 is 0 Å². The Labute approximate surface area is 84.8 Å². The van der Waals surface area contributed by atoms with Crippen LogP contribution in [-0.4, -0.2) is 42.4 Å². The van der Waals surface area contributed by atoms with Gasteiger partial charge in [-0.2, -0.15) is 12.6 Å². The van der Waals surface area contributed by atoms with E-state index in [4.69, 9.17) is 4.74 Å². The summed E-state index contributed by atoms with van der Waals surface area (Å²) >= 11 is 3.99. The van der Waals surface area contributed by atoms with Crippen LogP contribution in [0.5, 0.6) is 0 Å². The molecule has 1 saturated heterocycles. The molecule has 1 rings (SSSR count). The smallest absolute Gasteiger partial charge is 0.232 e. The number of ether oxygens (including phenoxy) is 1. The molecule has 4 heteroatoms. The third-order valence-corrected chi connectivity index (χ3v) is 2.89. The van der Waals surface area contributed by atoms with Gasteiger partial charge < -0.3 is 9.64 Å². The van der Waals surface area contributed by atoms with Gasteiger partial charge in [-0.25, -0.2) is 0 Å². The molecule has 0 spiro atoms. The average molecular weight is 203 g/mol. The normalized spacial score (nSPS) is 29.0. The maximum Gasteiger partial charge on any atom is 0.232 e. The van der Waals surface area contributed by atoms with Crippen molar-refractivity contribution in [2.45, 2.75) is 31.9 Å². The van der Waals surface area contributed by atoms with Crippen molar-refractivity contribution in [3.05, 3.63) is 0 Å². The van der Waals surface area contributed by atoms with E-state index in [9.17, 15) is 4.79 Å². The minimum atomic E-state index is 0.130. The highest BCUT2D eigenvalue weighted by atomic mass is 32.1. The molecule has 1 amide bonds. The number of likely N-dealkylation sites (tertiary alicyclic amines) is 1. The van der Waals surface area contributed by atoms with Crippen molar-refractivity contribution in [2.75, 3.05) is 19.4 Å². The van der Waals surface area contributed by atoms with Crippen LogP contribution in [0, 0.1) is 0 Å². The summed E-state index contributed by atoms with van der Waals surface area (Å²) in [7, 11) is 1.73. The van der Waals surface area contributed by atoms with Gasteiger partial charge in [0, 0.05) is 19.7 Å². The molecule has 2 atom stereocenters. The number of methoxy groups -OCH3 is 1. The third-order valence-electron chi connectivity index (χ3n) is 2.62. The number of rotatable bonds is 2. The summed E-state index contributed by atoms with van der Waals surface area (Å²) in [5.41, 5.74) is 0. The highest BCUT2D eigenvalue weighted by Gasteiger charge is 2.27. The third kappa shape index (κ3) is 2.61. The number of carbonyl (C=O) groups is 1. The summed E-state index contributed by atoms with van der Waals surface area (Å²) in [6, 6.07) is 0.290. The molecule has 1 aliphatic heterocycles. The second kappa shape index (κ2) is 4.86. The standard InChI is InChI=1S/C9H17NO2S/c1-7-5-8(12-2)3-4-10(7)9(11)6-13/h7-8,13H,3-6H2,1-2H3. The van der Waals surface area contributed by atoms with Crippen LogP contribution in [0.3, 0.4) is 0 Å². The zero-order valence-electron chi connectivity index (χ0n) is 8.19. The fraction of sp³-hybridized carbons (Fsp3) is 0.889. The summed E-state index contributed by atoms with van der Waals surface area (Å²) in [6.07, 6.45) is 2.20. The summed E-state index contributed by atoms with van der Waals surface area (Å²) in [4.78, 5) is 13.3. The van der Waals surface area contributed by atoms with Crippen molar-refractivity contribution in [1.29, 1.82) is 0 Å². The first-order chi connectivity index (χ1) is 6.19. The minimum Gasteiger partial charge on any atom is -0.381 e. The summed E-state index contributed by atoms with van der Waals surface area (Å²) in [5, 5.41) is 0. The van der Waals surface area contributed by atoms with Gasteiger partial charge >= 0.3 is 0 Å². The summed E-state index contributed by atoms with van der Waals surface area (Å²) in [5.74, 6) is 0.438. The Morgan fingerprint density at radius 1 is 1.69 bits per heavy atom. The fourth-order valence-corrected chi connectivity index (χ4v) is 1.99. The molecule has 1 heterocycles. The van der Waals surface area contributed by atoms with Crippen molar-refractivity contribution in [2.24, 2.45) is 0 Å². The van der Waals surface area contributed by atoms with Crippen LogP contribution >= 0.6 is 12.6 Å². The monoisotopic (exact) mass is 203 g/mol. The number of hydrogen-bond acceptors (Lipinski definition) is 3. The van der Waals surface area contributed by atoms with Crippen LogP contribution in [-0.2, 0) is 9.53 Å². The highest BCUT2D eigenvalue weighted by Crippen LogP contribution is 2.19. The lowest BCUT2D eigenvalue weighted by Crippen LogP contribution is -2.47. The van der Waals surface area contributed by atoms with Crippen molar-refractivity contribution in [3.8, 4) is 0 Å². The summed E-state index contributed by atoms with van der Waals surface area (Å²) in [6.45, 7) is 2.87. The van der Waals surface area contributed by atoms with Gasteiger partial charge in [-0.3, -0.25) is 4.79 Å². The van der Waals surface area contributed by atoms with Crippen molar-refractivity contribution in [1.82, 2.24) is 4.90 Å². The maximum atomic E-state index is 11.4. The van der Waals surface area contributed by atoms with E-state index >= 15 is 0 Å². The number of amides is 1. The maximum absolute atomic E-state index is 11.4. The quantitative estimate of drug-likeness (QED) is 0.677. The molecular formula is C9H17NO2S. The molecule has 0 aliphatic carbocycles. The van der Waals surface area contributed by atoms with Gasteiger partial charge in [-0.1, -0.05) is 0 Å². The molecule has 2 unspecified atom stereocenters. The topological polar surface area (TPSA) is 29.5 Å². The number of nitrogens with zero attached hydrogens (tertiary/aromatic N) is 1. The Morgan fingerprint density at radius 3 is 2.85 bits per heavy atom. The molecule has 1 aliphatic rings. The van der Waals surface area contributed by atoms with Gasteiger partial charge in [0.15, 0.2) is 0 Å². The molecule has 0 aromatic heterocycles. The van der Waals surface area contributed by atoms with Crippen LogP contribution in [0.25, 0.3) is 0 Å². The number of hydrogen-bond donors (Lipinski definition) is 1. The predicted octanol–water partition coefficient (Wildman–Crippen LogP) is 0.942. The van der Waals surface area contributed by atoms with Crippen LogP contribution in [0.15, 0.2) is 0 Å². The van der Waals surface area contributed by atoms with E-state index in [1.165, 1.54) is 0 Å². The average Bonchev–Trinajstić information content (AvgIpc) is 2.16. The first-order valence-electron chi connectivity index (χ1n) is 4.62. The second-order valence-corrected chi connectivity index (χ2v) is 3.79. The molecule has 0 aromatic rings. The van der Waals surface area contributed by atoms with E-state index in [-0.39, 0.29) is 5.91 Å². The van der Waals surface area contributed by atoms with Crippen LogP contribution in [0.4, 0.5) is 0 Å². The van der Waals surface area contributed by atoms with Gasteiger partial charge in [0.2, 0.25) is 5.91 Å². The molecule has 0 bridgehead atoms. The zero-order chi connectivity index (χ0) is 9.84. The molecule has 76 valence electrons. The molecule has 1 fully saturated rings. The largest absolute Gasteiger partial charge is 0.381 e. The fourth-order valence-electron chi connectivity index (χ4n) is 1.80. The summed E-state index contributed by atoms with van der Waals surface area (Å²) < 4.78 is 5.27. The second-order valence-electron chi connectivity index (χ2n) is 3.48. The number of piperidine rings is 1. The lowest BCUT2D eigenvalue weighted by atomic mass is 10.0. The van der Waals surface area contributed by atoms with E-state index in [1.807, 2.05) is 4.90 Å².